The molecule has 0 aliphatic heterocycles. The summed E-state index contributed by atoms with van der Waals surface area (Å²) < 4.78 is 20.7. The van der Waals surface area contributed by atoms with E-state index in [1.807, 2.05) is 0 Å². The summed E-state index contributed by atoms with van der Waals surface area (Å²) >= 11 is 1.23. The molecule has 0 heterocycles. The molecule has 0 aliphatic carbocycles. The number of hydrogen-bond acceptors (Lipinski definition) is 7. The van der Waals surface area contributed by atoms with Gasteiger partial charge in [0, 0.05) is 17.8 Å². The van der Waals surface area contributed by atoms with Gasteiger partial charge in [-0.15, -0.1) is 11.8 Å². The molecule has 0 fully saturated rings. The first kappa shape index (κ1) is 21.4. The van der Waals surface area contributed by atoms with Crippen LogP contribution in [-0.4, -0.2) is 51.6 Å². The molecule has 0 radical (unpaired) electrons. The number of hydrogen-bond donors (Lipinski definition) is 1. The second-order valence-corrected chi connectivity index (χ2v) is 6.59. The van der Waals surface area contributed by atoms with Crippen molar-refractivity contribution in [3.63, 3.8) is 0 Å². The average molecular weight is 405 g/mol. The smallest absolute Gasteiger partial charge is 0.234 e. The molecule has 8 heteroatoms. The Labute approximate surface area is 168 Å². The summed E-state index contributed by atoms with van der Waals surface area (Å²) in [5.74, 6) is 2.11. The lowest BCUT2D eigenvalue weighted by Gasteiger charge is -2.11. The number of thioether (sulfide) groups is 1. The van der Waals surface area contributed by atoms with Crippen molar-refractivity contribution in [1.29, 1.82) is 0 Å². The third-order valence-electron chi connectivity index (χ3n) is 3.84. The van der Waals surface area contributed by atoms with E-state index >= 15 is 0 Å². The Morgan fingerprint density at radius 1 is 0.821 bits per heavy atom. The number of carbonyl (C=O) groups is 2. The molecule has 0 aromatic heterocycles. The van der Waals surface area contributed by atoms with E-state index in [1.165, 1.54) is 26.0 Å². The summed E-state index contributed by atoms with van der Waals surface area (Å²) in [7, 11) is 6.11. The van der Waals surface area contributed by atoms with Crippen molar-refractivity contribution >= 4 is 29.1 Å². The quantitative estimate of drug-likeness (QED) is 0.608. The summed E-state index contributed by atoms with van der Waals surface area (Å²) in [6, 6.07) is 10.1. The minimum Gasteiger partial charge on any atom is -0.497 e. The molecule has 0 unspecified atom stereocenters. The van der Waals surface area contributed by atoms with E-state index in [1.54, 1.807) is 50.6 Å². The molecule has 0 aliphatic rings. The number of methoxy groups -OCH3 is 4. The fourth-order valence-electron chi connectivity index (χ4n) is 2.45. The van der Waals surface area contributed by atoms with Crippen molar-refractivity contribution in [1.82, 2.24) is 0 Å². The predicted molar refractivity (Wildman–Crippen MR) is 109 cm³/mol. The lowest BCUT2D eigenvalue weighted by molar-refractivity contribution is -0.113. The maximum atomic E-state index is 12.4. The van der Waals surface area contributed by atoms with Crippen LogP contribution < -0.4 is 24.3 Å². The summed E-state index contributed by atoms with van der Waals surface area (Å²) in [4.78, 5) is 24.5. The molecule has 2 aromatic rings. The van der Waals surface area contributed by atoms with E-state index in [0.29, 0.717) is 34.2 Å². The van der Waals surface area contributed by atoms with E-state index < -0.39 is 0 Å². The van der Waals surface area contributed by atoms with Crippen molar-refractivity contribution in [3.8, 4) is 23.0 Å². The zero-order valence-corrected chi connectivity index (χ0v) is 17.1. The maximum absolute atomic E-state index is 12.4. The molecule has 1 N–H and O–H groups in total. The van der Waals surface area contributed by atoms with Gasteiger partial charge >= 0.3 is 0 Å². The maximum Gasteiger partial charge on any atom is 0.234 e. The topological polar surface area (TPSA) is 83.1 Å². The highest BCUT2D eigenvalue weighted by atomic mass is 32.2. The van der Waals surface area contributed by atoms with E-state index in [4.69, 9.17) is 18.9 Å². The number of rotatable bonds is 10. The van der Waals surface area contributed by atoms with Gasteiger partial charge in [0.05, 0.1) is 45.5 Å². The van der Waals surface area contributed by atoms with Gasteiger partial charge in [0.25, 0.3) is 0 Å². The zero-order chi connectivity index (χ0) is 20.5. The van der Waals surface area contributed by atoms with E-state index in [2.05, 4.69) is 5.32 Å². The van der Waals surface area contributed by atoms with Gasteiger partial charge in [-0.05, 0) is 24.3 Å². The number of anilines is 1. The number of ether oxygens (including phenoxy) is 4. The van der Waals surface area contributed by atoms with E-state index in [0.717, 1.165) is 0 Å². The Balaban J connectivity index is 1.89. The van der Waals surface area contributed by atoms with E-state index in [9.17, 15) is 9.59 Å². The standard InChI is InChI=1S/C20H23NO6S/c1-24-14-6-7-15(18(10-14)26-3)16(22)11-28-12-20(23)21-13-5-8-17(25-2)19(9-13)27-4/h5-10H,11-12H2,1-4H3,(H,21,23). The molecule has 0 atom stereocenters. The largest absolute Gasteiger partial charge is 0.497 e. The van der Waals surface area contributed by atoms with Crippen molar-refractivity contribution < 1.29 is 28.5 Å². The van der Waals surface area contributed by atoms with Gasteiger partial charge in [-0.1, -0.05) is 0 Å². The number of nitrogens with one attached hydrogen (secondary N) is 1. The Hall–Kier alpha value is -2.87. The van der Waals surface area contributed by atoms with Gasteiger partial charge in [-0.25, -0.2) is 0 Å². The van der Waals surface area contributed by atoms with Crippen LogP contribution in [0.3, 0.4) is 0 Å². The molecule has 7 nitrogen and oxygen atoms in total. The highest BCUT2D eigenvalue weighted by Gasteiger charge is 2.14. The Morgan fingerprint density at radius 2 is 1.54 bits per heavy atom. The first-order valence-corrected chi connectivity index (χ1v) is 9.52. The SMILES string of the molecule is COc1ccc(C(=O)CSCC(=O)Nc2ccc(OC)c(OC)c2)c(OC)c1. The third-order valence-corrected chi connectivity index (χ3v) is 4.78. The second kappa shape index (κ2) is 10.5. The summed E-state index contributed by atoms with van der Waals surface area (Å²) in [6.45, 7) is 0. The summed E-state index contributed by atoms with van der Waals surface area (Å²) in [6.07, 6.45) is 0. The van der Waals surface area contributed by atoms with Crippen LogP contribution in [0.5, 0.6) is 23.0 Å². The van der Waals surface area contributed by atoms with Gasteiger partial charge in [0.15, 0.2) is 17.3 Å². The van der Waals surface area contributed by atoms with Crippen LogP contribution in [0, 0.1) is 0 Å². The molecule has 150 valence electrons. The van der Waals surface area contributed by atoms with E-state index in [-0.39, 0.29) is 23.2 Å². The van der Waals surface area contributed by atoms with Crippen molar-refractivity contribution in [2.45, 2.75) is 0 Å². The lowest BCUT2D eigenvalue weighted by atomic mass is 10.1. The number of ketones is 1. The average Bonchev–Trinajstić information content (AvgIpc) is 2.72. The highest BCUT2D eigenvalue weighted by molar-refractivity contribution is 8.00. The first-order valence-electron chi connectivity index (χ1n) is 8.37. The molecule has 0 bridgehead atoms. The molecular weight excluding hydrogens is 382 g/mol. The van der Waals surface area contributed by atoms with Crippen LogP contribution in [0.15, 0.2) is 36.4 Å². The van der Waals surface area contributed by atoms with Crippen LogP contribution in [-0.2, 0) is 4.79 Å². The van der Waals surface area contributed by atoms with Crippen LogP contribution in [0.4, 0.5) is 5.69 Å². The molecule has 2 aromatic carbocycles. The first-order chi connectivity index (χ1) is 13.5. The number of Topliss-reactive ketones (excluding diaryl/α,β-unsaturated/α-hetero) is 1. The summed E-state index contributed by atoms with van der Waals surface area (Å²) in [5.41, 5.74) is 1.04. The normalized spacial score (nSPS) is 10.1. The summed E-state index contributed by atoms with van der Waals surface area (Å²) in [5, 5.41) is 2.77. The molecular formula is C20H23NO6S. The van der Waals surface area contributed by atoms with Crippen LogP contribution in [0.2, 0.25) is 0 Å². The number of amides is 1. The van der Waals surface area contributed by atoms with Gasteiger partial charge < -0.3 is 24.3 Å². The molecule has 1 amide bonds. The predicted octanol–water partition coefficient (Wildman–Crippen LogP) is 3.28. The molecule has 2 rings (SSSR count). The van der Waals surface area contributed by atoms with Gasteiger partial charge in [-0.3, -0.25) is 9.59 Å². The Kier molecular flexibility index (Phi) is 8.01. The minimum atomic E-state index is -0.216. The van der Waals surface area contributed by atoms with Crippen molar-refractivity contribution in [2.24, 2.45) is 0 Å². The Morgan fingerprint density at radius 3 is 2.18 bits per heavy atom. The monoisotopic (exact) mass is 405 g/mol. The molecule has 0 saturated carbocycles. The Bertz CT molecular complexity index is 839. The zero-order valence-electron chi connectivity index (χ0n) is 16.2. The minimum absolute atomic E-state index is 0.122. The van der Waals surface area contributed by atoms with Gasteiger partial charge in [0.1, 0.15) is 11.5 Å². The van der Waals surface area contributed by atoms with Crippen LogP contribution >= 0.6 is 11.8 Å². The van der Waals surface area contributed by atoms with Crippen molar-refractivity contribution in [3.05, 3.63) is 42.0 Å². The van der Waals surface area contributed by atoms with Crippen LogP contribution in [0.1, 0.15) is 10.4 Å². The molecule has 0 saturated heterocycles. The van der Waals surface area contributed by atoms with Crippen molar-refractivity contribution in [2.75, 3.05) is 45.3 Å². The van der Waals surface area contributed by atoms with Gasteiger partial charge in [-0.2, -0.15) is 0 Å². The molecule has 0 spiro atoms. The van der Waals surface area contributed by atoms with Gasteiger partial charge in [0.2, 0.25) is 5.91 Å². The fourth-order valence-corrected chi connectivity index (χ4v) is 3.15. The third kappa shape index (κ3) is 5.56. The highest BCUT2D eigenvalue weighted by Crippen LogP contribution is 2.30. The lowest BCUT2D eigenvalue weighted by Crippen LogP contribution is -2.16. The number of carbonyl (C=O) groups excluding carboxylic acids is 2. The second-order valence-electron chi connectivity index (χ2n) is 5.60. The fraction of sp³-hybridized carbons (Fsp3) is 0.300. The number of benzene rings is 2. The molecule has 28 heavy (non-hydrogen) atoms. The van der Waals surface area contributed by atoms with Crippen LogP contribution in [0.25, 0.3) is 0 Å².